The largest absolute Gasteiger partial charge is 0.497 e. The maximum atomic E-state index is 12.5. The van der Waals surface area contributed by atoms with Crippen molar-refractivity contribution >= 4 is 11.6 Å². The summed E-state index contributed by atoms with van der Waals surface area (Å²) in [5.41, 5.74) is 6.58. The van der Waals surface area contributed by atoms with E-state index < -0.39 is 0 Å². The summed E-state index contributed by atoms with van der Waals surface area (Å²) in [5, 5.41) is 0. The number of benzene rings is 1. The zero-order valence-corrected chi connectivity index (χ0v) is 11.7. The second-order valence-electron chi connectivity index (χ2n) is 4.95. The number of nitrogens with two attached hydrogens (primary N) is 1. The van der Waals surface area contributed by atoms with Gasteiger partial charge in [-0.15, -0.1) is 0 Å². The minimum Gasteiger partial charge on any atom is -0.497 e. The Kier molecular flexibility index (Phi) is 4.07. The standard InChI is InChI=1S/C14H21N3O2/c1-10-9-16(2)13(8-15)14(18)17(10)11-5-4-6-12(7-11)19-3/h4-7,10,13H,8-9,15H2,1-3H3. The van der Waals surface area contributed by atoms with Crippen LogP contribution in [-0.2, 0) is 4.79 Å². The summed E-state index contributed by atoms with van der Waals surface area (Å²) in [4.78, 5) is 16.4. The molecule has 0 aromatic heterocycles. The van der Waals surface area contributed by atoms with Gasteiger partial charge in [-0.05, 0) is 26.1 Å². The SMILES string of the molecule is COc1cccc(N2C(=O)C(CN)N(C)CC2C)c1. The van der Waals surface area contributed by atoms with Crippen molar-refractivity contribution in [2.75, 3.05) is 32.1 Å². The normalized spacial score (nSPS) is 24.6. The number of carbonyl (C=O) groups excluding carboxylic acids is 1. The van der Waals surface area contributed by atoms with Crippen LogP contribution in [0, 0.1) is 0 Å². The van der Waals surface area contributed by atoms with Crippen LogP contribution in [0.25, 0.3) is 0 Å². The molecule has 0 bridgehead atoms. The van der Waals surface area contributed by atoms with Crippen molar-refractivity contribution in [3.05, 3.63) is 24.3 Å². The highest BCUT2D eigenvalue weighted by atomic mass is 16.5. The Bertz CT molecular complexity index is 464. The van der Waals surface area contributed by atoms with Gasteiger partial charge >= 0.3 is 0 Å². The molecule has 0 radical (unpaired) electrons. The molecule has 0 aliphatic carbocycles. The van der Waals surface area contributed by atoms with Crippen LogP contribution in [0.2, 0.25) is 0 Å². The van der Waals surface area contributed by atoms with Crippen molar-refractivity contribution < 1.29 is 9.53 Å². The summed E-state index contributed by atoms with van der Waals surface area (Å²) in [6, 6.07) is 7.44. The fourth-order valence-corrected chi connectivity index (χ4v) is 2.61. The monoisotopic (exact) mass is 263 g/mol. The Morgan fingerprint density at radius 2 is 2.21 bits per heavy atom. The van der Waals surface area contributed by atoms with Gasteiger partial charge in [0, 0.05) is 30.9 Å². The van der Waals surface area contributed by atoms with Crippen LogP contribution in [0.5, 0.6) is 5.75 Å². The zero-order valence-electron chi connectivity index (χ0n) is 11.7. The second-order valence-corrected chi connectivity index (χ2v) is 4.95. The lowest BCUT2D eigenvalue weighted by Gasteiger charge is -2.42. The number of piperazine rings is 1. The van der Waals surface area contributed by atoms with Gasteiger partial charge < -0.3 is 15.4 Å². The van der Waals surface area contributed by atoms with Gasteiger partial charge in [0.15, 0.2) is 0 Å². The molecule has 2 atom stereocenters. The molecular weight excluding hydrogens is 242 g/mol. The third kappa shape index (κ3) is 2.57. The number of rotatable bonds is 3. The molecule has 1 aromatic carbocycles. The first-order valence-electron chi connectivity index (χ1n) is 6.46. The topological polar surface area (TPSA) is 58.8 Å². The maximum Gasteiger partial charge on any atom is 0.245 e. The smallest absolute Gasteiger partial charge is 0.245 e. The number of ether oxygens (including phenoxy) is 1. The van der Waals surface area contributed by atoms with E-state index in [4.69, 9.17) is 10.5 Å². The molecule has 0 spiro atoms. The van der Waals surface area contributed by atoms with Gasteiger partial charge in [0.1, 0.15) is 11.8 Å². The fourth-order valence-electron chi connectivity index (χ4n) is 2.61. The molecule has 2 N–H and O–H groups in total. The lowest BCUT2D eigenvalue weighted by atomic mass is 10.1. The van der Waals surface area contributed by atoms with Gasteiger partial charge in [0.2, 0.25) is 5.91 Å². The van der Waals surface area contributed by atoms with Crippen molar-refractivity contribution in [1.82, 2.24) is 4.90 Å². The first-order chi connectivity index (χ1) is 9.08. The van der Waals surface area contributed by atoms with E-state index in [1.54, 1.807) is 7.11 Å². The highest BCUT2D eigenvalue weighted by molar-refractivity contribution is 5.98. The average molecular weight is 263 g/mol. The quantitative estimate of drug-likeness (QED) is 0.871. The molecule has 1 amide bonds. The molecule has 5 heteroatoms. The van der Waals surface area contributed by atoms with Gasteiger partial charge in [0.25, 0.3) is 0 Å². The number of hydrogen-bond donors (Lipinski definition) is 1. The molecule has 2 unspecified atom stereocenters. The Morgan fingerprint density at radius 3 is 2.84 bits per heavy atom. The maximum absolute atomic E-state index is 12.5. The van der Waals surface area contributed by atoms with E-state index in [1.165, 1.54) is 0 Å². The van der Waals surface area contributed by atoms with E-state index in [2.05, 4.69) is 0 Å². The number of methoxy groups -OCH3 is 1. The predicted molar refractivity (Wildman–Crippen MR) is 75.4 cm³/mol. The van der Waals surface area contributed by atoms with Crippen molar-refractivity contribution in [3.63, 3.8) is 0 Å². The zero-order chi connectivity index (χ0) is 14.0. The van der Waals surface area contributed by atoms with Crippen molar-refractivity contribution in [2.24, 2.45) is 5.73 Å². The molecule has 1 heterocycles. The van der Waals surface area contributed by atoms with E-state index >= 15 is 0 Å². The molecule has 2 rings (SSSR count). The Hall–Kier alpha value is -1.59. The second kappa shape index (κ2) is 5.59. The molecule has 1 aliphatic heterocycles. The number of hydrogen-bond acceptors (Lipinski definition) is 4. The van der Waals surface area contributed by atoms with E-state index in [0.29, 0.717) is 6.54 Å². The molecular formula is C14H21N3O2. The highest BCUT2D eigenvalue weighted by Crippen LogP contribution is 2.26. The van der Waals surface area contributed by atoms with Gasteiger partial charge in [0.05, 0.1) is 7.11 Å². The molecule has 5 nitrogen and oxygen atoms in total. The van der Waals surface area contributed by atoms with Crippen LogP contribution < -0.4 is 15.4 Å². The van der Waals surface area contributed by atoms with E-state index in [0.717, 1.165) is 18.0 Å². The molecule has 1 aliphatic rings. The fraction of sp³-hybridized carbons (Fsp3) is 0.500. The van der Waals surface area contributed by atoms with E-state index in [-0.39, 0.29) is 18.0 Å². The molecule has 104 valence electrons. The van der Waals surface area contributed by atoms with Gasteiger partial charge in [-0.1, -0.05) is 6.07 Å². The summed E-state index contributed by atoms with van der Waals surface area (Å²) in [6.45, 7) is 3.19. The van der Waals surface area contributed by atoms with E-state index in [9.17, 15) is 4.79 Å². The van der Waals surface area contributed by atoms with Crippen molar-refractivity contribution in [3.8, 4) is 5.75 Å². The van der Waals surface area contributed by atoms with E-state index in [1.807, 2.05) is 48.0 Å². The molecule has 0 saturated carbocycles. The minimum absolute atomic E-state index is 0.0528. The highest BCUT2D eigenvalue weighted by Gasteiger charge is 2.36. The number of carbonyl (C=O) groups is 1. The van der Waals surface area contributed by atoms with Crippen LogP contribution in [0.4, 0.5) is 5.69 Å². The summed E-state index contributed by atoms with van der Waals surface area (Å²) in [5.74, 6) is 0.803. The van der Waals surface area contributed by atoms with Crippen molar-refractivity contribution in [2.45, 2.75) is 19.0 Å². The lowest BCUT2D eigenvalue weighted by molar-refractivity contribution is -0.125. The summed E-state index contributed by atoms with van der Waals surface area (Å²) in [6.07, 6.45) is 0. The lowest BCUT2D eigenvalue weighted by Crippen LogP contribution is -2.62. The molecule has 1 aromatic rings. The summed E-state index contributed by atoms with van der Waals surface area (Å²) >= 11 is 0. The van der Waals surface area contributed by atoms with Crippen LogP contribution in [0.15, 0.2) is 24.3 Å². The van der Waals surface area contributed by atoms with Crippen LogP contribution >= 0.6 is 0 Å². The minimum atomic E-state index is -0.248. The first kappa shape index (κ1) is 13.8. The number of nitrogens with zero attached hydrogens (tertiary/aromatic N) is 2. The van der Waals surface area contributed by atoms with Crippen LogP contribution in [-0.4, -0.2) is 50.1 Å². The van der Waals surface area contributed by atoms with Gasteiger partial charge in [-0.3, -0.25) is 9.69 Å². The summed E-state index contributed by atoms with van der Waals surface area (Å²) < 4.78 is 5.22. The number of amides is 1. The Balaban J connectivity index is 2.33. The average Bonchev–Trinajstić information content (AvgIpc) is 2.39. The first-order valence-corrected chi connectivity index (χ1v) is 6.46. The number of anilines is 1. The summed E-state index contributed by atoms with van der Waals surface area (Å²) in [7, 11) is 3.56. The molecule has 1 saturated heterocycles. The van der Waals surface area contributed by atoms with Crippen LogP contribution in [0.3, 0.4) is 0 Å². The van der Waals surface area contributed by atoms with Gasteiger partial charge in [-0.25, -0.2) is 0 Å². The van der Waals surface area contributed by atoms with Crippen LogP contribution in [0.1, 0.15) is 6.92 Å². The van der Waals surface area contributed by atoms with Gasteiger partial charge in [-0.2, -0.15) is 0 Å². The predicted octanol–water partition coefficient (Wildman–Crippen LogP) is 0.689. The number of likely N-dealkylation sites (N-methyl/N-ethyl adjacent to an activating group) is 1. The molecule has 19 heavy (non-hydrogen) atoms. The third-order valence-corrected chi connectivity index (χ3v) is 3.60. The molecule has 1 fully saturated rings. The Labute approximate surface area is 113 Å². The Morgan fingerprint density at radius 1 is 1.47 bits per heavy atom. The third-order valence-electron chi connectivity index (χ3n) is 3.60. The van der Waals surface area contributed by atoms with Crippen molar-refractivity contribution in [1.29, 1.82) is 0 Å².